The molecule has 0 heterocycles. The Bertz CT molecular complexity index is 386. The molecule has 0 N–H and O–H groups in total. The normalized spacial score (nSPS) is 18.4. The number of hydrogen-bond acceptors (Lipinski definition) is 0. The topological polar surface area (TPSA) is 0 Å². The van der Waals surface area contributed by atoms with Crippen molar-refractivity contribution < 1.29 is 47.7 Å². The van der Waals surface area contributed by atoms with Crippen LogP contribution < -0.4 is 24.8 Å². The minimum absolute atomic E-state index is 0. The first kappa shape index (κ1) is 17.4. The summed E-state index contributed by atoms with van der Waals surface area (Å²) in [5, 5.41) is 0. The molecule has 0 nitrogen and oxygen atoms in total. The molecule has 0 fully saturated rings. The monoisotopic (exact) mass is 436 g/mol. The average Bonchev–Trinajstić information content (AvgIpc) is 2.68. The molecule has 0 aliphatic heterocycles. The third kappa shape index (κ3) is 3.68. The van der Waals surface area contributed by atoms with Gasteiger partial charge in [0.25, 0.3) is 0 Å². The van der Waals surface area contributed by atoms with E-state index in [1.54, 1.807) is 11.1 Å². The second kappa shape index (κ2) is 7.11. The molecule has 0 aromatic heterocycles. The van der Waals surface area contributed by atoms with E-state index in [0.717, 1.165) is 0 Å². The van der Waals surface area contributed by atoms with E-state index in [-0.39, 0.29) is 24.8 Å². The third-order valence-electron chi connectivity index (χ3n) is 3.61. The van der Waals surface area contributed by atoms with Crippen molar-refractivity contribution in [2.45, 2.75) is 40.5 Å². The van der Waals surface area contributed by atoms with Crippen molar-refractivity contribution in [1.29, 1.82) is 0 Å². The van der Waals surface area contributed by atoms with Gasteiger partial charge in [0.15, 0.2) is 0 Å². The van der Waals surface area contributed by atoms with Crippen molar-refractivity contribution >= 4 is 0 Å². The van der Waals surface area contributed by atoms with Crippen LogP contribution in [0.5, 0.6) is 0 Å². The average molecular weight is 436 g/mol. The van der Waals surface area contributed by atoms with Gasteiger partial charge >= 0.3 is 105 Å². The molecular formula is C14H18Cl2Hf. The number of hydrogen-bond donors (Lipinski definition) is 0. The van der Waals surface area contributed by atoms with Gasteiger partial charge in [0.05, 0.1) is 0 Å². The van der Waals surface area contributed by atoms with E-state index in [9.17, 15) is 0 Å². The second-order valence-corrected chi connectivity index (χ2v) is 9.75. The van der Waals surface area contributed by atoms with Crippen LogP contribution in [0.15, 0.2) is 41.1 Å². The van der Waals surface area contributed by atoms with Gasteiger partial charge in [-0.2, -0.15) is 0 Å². The van der Waals surface area contributed by atoms with Crippen LogP contribution in [-0.4, -0.2) is 0 Å². The molecule has 0 unspecified atom stereocenters. The van der Waals surface area contributed by atoms with Crippen LogP contribution in [-0.2, 0) is 22.9 Å². The Hall–Kier alpha value is 0.410. The fourth-order valence-corrected chi connectivity index (χ4v) is 7.61. The maximum absolute atomic E-state index is 2.41. The zero-order valence-corrected chi connectivity index (χ0v) is 15.9. The first-order valence-electron chi connectivity index (χ1n) is 5.60. The first-order valence-corrected chi connectivity index (χ1v) is 9.19. The van der Waals surface area contributed by atoms with E-state index in [4.69, 9.17) is 0 Å². The molecule has 2 aliphatic carbocycles. The molecule has 0 radical (unpaired) electrons. The summed E-state index contributed by atoms with van der Waals surface area (Å²) in [6.45, 7) is 9.13. The number of rotatable bonds is 2. The molecule has 0 spiro atoms. The Morgan fingerprint density at radius 1 is 0.765 bits per heavy atom. The van der Waals surface area contributed by atoms with Crippen LogP contribution in [0.3, 0.4) is 0 Å². The van der Waals surface area contributed by atoms with Gasteiger partial charge < -0.3 is 24.8 Å². The fourth-order valence-electron chi connectivity index (χ4n) is 2.07. The molecule has 2 aliphatic rings. The zero-order chi connectivity index (χ0) is 11.0. The maximum Gasteiger partial charge on any atom is -1.00 e. The van der Waals surface area contributed by atoms with Crippen molar-refractivity contribution in [3.8, 4) is 0 Å². The molecule has 0 aromatic carbocycles. The third-order valence-corrected chi connectivity index (χ3v) is 9.94. The predicted octanol–water partition coefficient (Wildman–Crippen LogP) is -1.68. The molecule has 0 amide bonds. The van der Waals surface area contributed by atoms with Gasteiger partial charge in [-0.1, -0.05) is 0 Å². The van der Waals surface area contributed by atoms with Crippen molar-refractivity contribution in [2.24, 2.45) is 0 Å². The Kier molecular flexibility index (Phi) is 7.28. The van der Waals surface area contributed by atoms with Gasteiger partial charge in [-0.05, 0) is 0 Å². The second-order valence-electron chi connectivity index (χ2n) is 4.51. The molecule has 3 heteroatoms. The first-order chi connectivity index (χ1) is 7.09. The van der Waals surface area contributed by atoms with Gasteiger partial charge in [0.2, 0.25) is 0 Å². The summed E-state index contributed by atoms with van der Waals surface area (Å²) in [6, 6.07) is 0. The van der Waals surface area contributed by atoms with Crippen LogP contribution >= 0.6 is 0 Å². The van der Waals surface area contributed by atoms with Crippen molar-refractivity contribution in [3.05, 3.63) is 41.1 Å². The summed E-state index contributed by atoms with van der Waals surface area (Å²) in [6.07, 6.45) is 7.33. The summed E-state index contributed by atoms with van der Waals surface area (Å²) in [5.74, 6) is 0. The molecule has 17 heavy (non-hydrogen) atoms. The molecule has 2 rings (SSSR count). The molecule has 0 bridgehead atoms. The van der Waals surface area contributed by atoms with E-state index in [2.05, 4.69) is 39.8 Å². The van der Waals surface area contributed by atoms with E-state index in [1.807, 2.05) is 6.66 Å². The van der Waals surface area contributed by atoms with Crippen molar-refractivity contribution in [2.75, 3.05) is 0 Å². The summed E-state index contributed by atoms with van der Waals surface area (Å²) in [5.41, 5.74) is 6.28. The zero-order valence-electron chi connectivity index (χ0n) is 10.8. The van der Waals surface area contributed by atoms with Gasteiger partial charge in [-0.25, -0.2) is 0 Å². The Balaban J connectivity index is 0.00000128. The fraction of sp³-hybridized carbons (Fsp3) is 0.429. The van der Waals surface area contributed by atoms with Crippen LogP contribution in [0.25, 0.3) is 0 Å². The Labute approximate surface area is 129 Å². The smallest absolute Gasteiger partial charge is 1.00 e. The van der Waals surface area contributed by atoms with Crippen LogP contribution in [0.1, 0.15) is 40.5 Å². The molecular weight excluding hydrogens is 418 g/mol. The van der Waals surface area contributed by atoms with Gasteiger partial charge in [0, 0.05) is 0 Å². The molecule has 92 valence electrons. The quantitative estimate of drug-likeness (QED) is 0.455. The van der Waals surface area contributed by atoms with Crippen LogP contribution in [0.2, 0.25) is 0 Å². The number of allylic oxidation sites excluding steroid dienone is 8. The van der Waals surface area contributed by atoms with Gasteiger partial charge in [-0.3, -0.25) is 0 Å². The minimum atomic E-state index is -0.672. The molecule has 0 atom stereocenters. The van der Waals surface area contributed by atoms with Crippen molar-refractivity contribution in [1.82, 2.24) is 0 Å². The van der Waals surface area contributed by atoms with E-state index in [1.165, 1.54) is 24.0 Å². The SMILES string of the molecule is CC1=CC[C]([Hf+2][C]2=C(C)C(C)=CC2)=C1C.[Cl-].[Cl-]. The van der Waals surface area contributed by atoms with E-state index < -0.39 is 22.9 Å². The standard InChI is InChI=1S/2C7H9.2ClH.Hf/c2*1-6-4-3-5-7(6)2;;;/h2*4H,3H2,1-2H3;2*1H;/q;;;;+2/p-2. The summed E-state index contributed by atoms with van der Waals surface area (Å²) < 4.78 is 3.65. The summed E-state index contributed by atoms with van der Waals surface area (Å²) >= 11 is -0.672. The van der Waals surface area contributed by atoms with Crippen LogP contribution in [0.4, 0.5) is 0 Å². The van der Waals surface area contributed by atoms with Gasteiger partial charge in [-0.15, -0.1) is 0 Å². The van der Waals surface area contributed by atoms with Crippen molar-refractivity contribution in [3.63, 3.8) is 0 Å². The van der Waals surface area contributed by atoms with Crippen LogP contribution in [0, 0.1) is 0 Å². The molecule has 0 saturated heterocycles. The minimum Gasteiger partial charge on any atom is -1.00 e. The number of halogens is 2. The summed E-state index contributed by atoms with van der Waals surface area (Å²) in [7, 11) is 0. The van der Waals surface area contributed by atoms with E-state index in [0.29, 0.717) is 0 Å². The Morgan fingerprint density at radius 2 is 1.12 bits per heavy atom. The molecule has 0 aromatic rings. The van der Waals surface area contributed by atoms with Gasteiger partial charge in [0.1, 0.15) is 0 Å². The largest absolute Gasteiger partial charge is 1.00 e. The Morgan fingerprint density at radius 3 is 1.35 bits per heavy atom. The molecule has 0 saturated carbocycles. The summed E-state index contributed by atoms with van der Waals surface area (Å²) in [4.78, 5) is 0. The maximum atomic E-state index is 2.41. The predicted molar refractivity (Wildman–Crippen MR) is 62.1 cm³/mol. The van der Waals surface area contributed by atoms with E-state index >= 15 is 0 Å².